The van der Waals surface area contributed by atoms with Gasteiger partial charge in [-0.05, 0) is 30.4 Å². The van der Waals surface area contributed by atoms with E-state index >= 15 is 0 Å². The molecule has 0 aliphatic heterocycles. The van der Waals surface area contributed by atoms with E-state index in [1.54, 1.807) is 6.92 Å². The van der Waals surface area contributed by atoms with Crippen molar-refractivity contribution in [3.63, 3.8) is 0 Å². The highest BCUT2D eigenvalue weighted by atomic mass is 16.6. The maximum atomic E-state index is 11.9. The van der Waals surface area contributed by atoms with E-state index in [2.05, 4.69) is 13.8 Å². The molecule has 0 amide bonds. The van der Waals surface area contributed by atoms with Crippen molar-refractivity contribution in [2.24, 2.45) is 5.92 Å². The Labute approximate surface area is 120 Å². The fourth-order valence-corrected chi connectivity index (χ4v) is 1.95. The van der Waals surface area contributed by atoms with E-state index in [-0.39, 0.29) is 13.2 Å². The minimum Gasteiger partial charge on any atom is -0.457 e. The molecule has 4 nitrogen and oxygen atoms in total. The number of ether oxygens (including phenoxy) is 1. The lowest BCUT2D eigenvalue weighted by atomic mass is 9.97. The predicted octanol–water partition coefficient (Wildman–Crippen LogP) is 1.89. The Kier molecular flexibility index (Phi) is 6.68. The first-order valence-corrected chi connectivity index (χ1v) is 6.99. The van der Waals surface area contributed by atoms with Crippen molar-refractivity contribution in [1.29, 1.82) is 0 Å². The van der Waals surface area contributed by atoms with Crippen LogP contribution in [-0.2, 0) is 16.0 Å². The molecule has 1 rings (SSSR count). The fourth-order valence-electron chi connectivity index (χ4n) is 1.95. The van der Waals surface area contributed by atoms with E-state index in [0.29, 0.717) is 5.92 Å². The average molecular weight is 280 g/mol. The second-order valence-corrected chi connectivity index (χ2v) is 5.49. The van der Waals surface area contributed by atoms with Crippen molar-refractivity contribution in [2.75, 3.05) is 13.2 Å². The van der Waals surface area contributed by atoms with Crippen LogP contribution >= 0.6 is 0 Å². The summed E-state index contributed by atoms with van der Waals surface area (Å²) in [5, 5.41) is 17.8. The number of aliphatic hydroxyl groups excluding tert-OH is 2. The molecule has 0 spiro atoms. The second kappa shape index (κ2) is 8.02. The van der Waals surface area contributed by atoms with Crippen molar-refractivity contribution >= 4 is 5.97 Å². The summed E-state index contributed by atoms with van der Waals surface area (Å²) in [5.74, 6) is -0.253. The number of carbonyl (C=O) groups is 1. The van der Waals surface area contributed by atoms with Crippen molar-refractivity contribution in [2.45, 2.75) is 39.2 Å². The minimum atomic E-state index is -0.842. The van der Waals surface area contributed by atoms with Crippen LogP contribution in [0.3, 0.4) is 0 Å². The Morgan fingerprint density at radius 1 is 1.10 bits per heavy atom. The van der Waals surface area contributed by atoms with E-state index in [9.17, 15) is 4.79 Å². The van der Waals surface area contributed by atoms with Gasteiger partial charge in [-0.2, -0.15) is 0 Å². The van der Waals surface area contributed by atoms with Gasteiger partial charge < -0.3 is 14.9 Å². The SMILES string of the molecule is CC(C)Cc1ccc(C(C)C(=O)OC(CO)CO)cc1. The summed E-state index contributed by atoms with van der Waals surface area (Å²) in [5.41, 5.74) is 2.12. The van der Waals surface area contributed by atoms with Gasteiger partial charge in [0.05, 0.1) is 19.1 Å². The second-order valence-electron chi connectivity index (χ2n) is 5.49. The molecule has 0 saturated heterocycles. The van der Waals surface area contributed by atoms with E-state index < -0.39 is 18.0 Å². The van der Waals surface area contributed by atoms with Gasteiger partial charge in [0.1, 0.15) is 6.10 Å². The Bertz CT molecular complexity index is 407. The summed E-state index contributed by atoms with van der Waals surface area (Å²) in [6.45, 7) is 5.34. The molecule has 2 N–H and O–H groups in total. The zero-order valence-electron chi connectivity index (χ0n) is 12.4. The Morgan fingerprint density at radius 3 is 2.10 bits per heavy atom. The molecule has 20 heavy (non-hydrogen) atoms. The maximum Gasteiger partial charge on any atom is 0.313 e. The molecule has 0 aliphatic carbocycles. The van der Waals surface area contributed by atoms with E-state index in [1.165, 1.54) is 5.56 Å². The molecule has 0 radical (unpaired) electrons. The van der Waals surface area contributed by atoms with E-state index in [4.69, 9.17) is 14.9 Å². The molecule has 1 aromatic rings. The first-order chi connectivity index (χ1) is 9.47. The normalized spacial score (nSPS) is 12.8. The van der Waals surface area contributed by atoms with Gasteiger partial charge in [0.15, 0.2) is 0 Å². The topological polar surface area (TPSA) is 66.8 Å². The molecule has 4 heteroatoms. The molecule has 1 aromatic carbocycles. The number of rotatable bonds is 7. The zero-order chi connectivity index (χ0) is 15.1. The average Bonchev–Trinajstić information content (AvgIpc) is 2.43. The lowest BCUT2D eigenvalue weighted by molar-refractivity contribution is -0.154. The Morgan fingerprint density at radius 2 is 1.65 bits per heavy atom. The molecule has 0 heterocycles. The predicted molar refractivity (Wildman–Crippen MR) is 77.5 cm³/mol. The van der Waals surface area contributed by atoms with E-state index in [1.807, 2.05) is 24.3 Å². The van der Waals surface area contributed by atoms with Crippen LogP contribution in [0.25, 0.3) is 0 Å². The van der Waals surface area contributed by atoms with Gasteiger partial charge in [-0.1, -0.05) is 38.1 Å². The van der Waals surface area contributed by atoms with Crippen molar-refractivity contribution in [3.05, 3.63) is 35.4 Å². The third-order valence-corrected chi connectivity index (χ3v) is 3.17. The lowest BCUT2D eigenvalue weighted by Crippen LogP contribution is -2.27. The van der Waals surface area contributed by atoms with E-state index in [0.717, 1.165) is 12.0 Å². The van der Waals surface area contributed by atoms with Crippen molar-refractivity contribution < 1.29 is 19.7 Å². The largest absolute Gasteiger partial charge is 0.457 e. The van der Waals surface area contributed by atoms with Gasteiger partial charge in [0, 0.05) is 0 Å². The quantitative estimate of drug-likeness (QED) is 0.748. The summed E-state index contributed by atoms with van der Waals surface area (Å²) in [6, 6.07) is 7.90. The Balaban J connectivity index is 2.67. The fraction of sp³-hybridized carbons (Fsp3) is 0.562. The van der Waals surface area contributed by atoms with Crippen LogP contribution < -0.4 is 0 Å². The number of hydrogen-bond donors (Lipinski definition) is 2. The highest BCUT2D eigenvalue weighted by Crippen LogP contribution is 2.19. The van der Waals surface area contributed by atoms with Gasteiger partial charge in [-0.3, -0.25) is 4.79 Å². The van der Waals surface area contributed by atoms with Crippen molar-refractivity contribution in [3.8, 4) is 0 Å². The maximum absolute atomic E-state index is 11.9. The highest BCUT2D eigenvalue weighted by molar-refractivity contribution is 5.77. The number of esters is 1. The van der Waals surface area contributed by atoms with Gasteiger partial charge >= 0.3 is 5.97 Å². The Hall–Kier alpha value is -1.39. The van der Waals surface area contributed by atoms with Crippen LogP contribution in [0.2, 0.25) is 0 Å². The lowest BCUT2D eigenvalue weighted by Gasteiger charge is -2.17. The molecule has 112 valence electrons. The summed E-state index contributed by atoms with van der Waals surface area (Å²) in [7, 11) is 0. The molecule has 0 bridgehead atoms. The van der Waals surface area contributed by atoms with Gasteiger partial charge in [0.2, 0.25) is 0 Å². The first kappa shape index (κ1) is 16.7. The van der Waals surface area contributed by atoms with Crippen molar-refractivity contribution in [1.82, 2.24) is 0 Å². The number of benzene rings is 1. The number of carbonyl (C=O) groups excluding carboxylic acids is 1. The summed E-state index contributed by atoms with van der Waals surface area (Å²) in [4.78, 5) is 11.9. The smallest absolute Gasteiger partial charge is 0.313 e. The van der Waals surface area contributed by atoms with Gasteiger partial charge in [-0.15, -0.1) is 0 Å². The highest BCUT2D eigenvalue weighted by Gasteiger charge is 2.20. The van der Waals surface area contributed by atoms with Crippen LogP contribution in [0, 0.1) is 5.92 Å². The minimum absolute atomic E-state index is 0.373. The molecular weight excluding hydrogens is 256 g/mol. The summed E-state index contributed by atoms with van der Waals surface area (Å²) in [6.07, 6.45) is 0.168. The summed E-state index contributed by atoms with van der Waals surface area (Å²) < 4.78 is 5.02. The molecule has 0 aliphatic rings. The van der Waals surface area contributed by atoms with Crippen LogP contribution in [0.4, 0.5) is 0 Å². The molecular formula is C16H24O4. The molecule has 0 aromatic heterocycles. The molecule has 1 unspecified atom stereocenters. The van der Waals surface area contributed by atoms with Crippen LogP contribution in [0.15, 0.2) is 24.3 Å². The van der Waals surface area contributed by atoms with Gasteiger partial charge in [0.25, 0.3) is 0 Å². The number of aliphatic hydroxyl groups is 2. The first-order valence-electron chi connectivity index (χ1n) is 6.99. The summed E-state index contributed by atoms with van der Waals surface area (Å²) >= 11 is 0. The molecule has 0 fully saturated rings. The molecule has 1 atom stereocenters. The van der Waals surface area contributed by atoms with Crippen LogP contribution in [0.1, 0.15) is 37.8 Å². The standard InChI is InChI=1S/C16H24O4/c1-11(2)8-13-4-6-14(7-5-13)12(3)16(19)20-15(9-17)10-18/h4-7,11-12,15,17-18H,8-10H2,1-3H3. The molecule has 0 saturated carbocycles. The third kappa shape index (κ3) is 4.94. The third-order valence-electron chi connectivity index (χ3n) is 3.17. The van der Waals surface area contributed by atoms with Gasteiger partial charge in [-0.25, -0.2) is 0 Å². The van der Waals surface area contributed by atoms with Crippen LogP contribution in [0.5, 0.6) is 0 Å². The zero-order valence-corrected chi connectivity index (χ0v) is 12.4. The monoisotopic (exact) mass is 280 g/mol. The number of hydrogen-bond acceptors (Lipinski definition) is 4. The van der Waals surface area contributed by atoms with Crippen LogP contribution in [-0.4, -0.2) is 35.5 Å².